The molecular formula is C22H28FN10O6PS. The predicted octanol–water partition coefficient (Wildman–Crippen LogP) is 1.57. The lowest BCUT2D eigenvalue weighted by molar-refractivity contribution is -0.0687. The van der Waals surface area contributed by atoms with E-state index in [0.717, 1.165) is 10.9 Å². The summed E-state index contributed by atoms with van der Waals surface area (Å²) in [6, 6.07) is 0. The van der Waals surface area contributed by atoms with E-state index in [4.69, 9.17) is 25.3 Å². The minimum atomic E-state index is -4.24. The number of aliphatic hydroxyl groups excluding tert-OH is 1. The molecule has 0 amide bonds. The van der Waals surface area contributed by atoms with Crippen LogP contribution in [0.5, 0.6) is 0 Å². The number of nitrogens with zero attached hydrogens (tertiary/aromatic N) is 7. The SMILES string of the molecule is CC1CC[C@H]2C[C@H](c3cnc4c(N)ncnn34)O[C@@H]2COP(=O)(S)O[C@@H]([C@@H](O)n2cnc3c(=O)[nH]c(N)nc32)[C@@H]1F. The Kier molecular flexibility index (Phi) is 7.24. The molecule has 6 heterocycles. The van der Waals surface area contributed by atoms with Crippen LogP contribution in [0.25, 0.3) is 16.8 Å². The summed E-state index contributed by atoms with van der Waals surface area (Å²) in [6.07, 6.45) is -0.745. The van der Waals surface area contributed by atoms with Crippen molar-refractivity contribution < 1.29 is 27.8 Å². The zero-order valence-electron chi connectivity index (χ0n) is 21.6. The van der Waals surface area contributed by atoms with Gasteiger partial charge < -0.3 is 21.3 Å². The van der Waals surface area contributed by atoms with Gasteiger partial charge in [0.1, 0.15) is 24.7 Å². The first-order valence-electron chi connectivity index (χ1n) is 12.8. The summed E-state index contributed by atoms with van der Waals surface area (Å²) in [7, 11) is 0. The maximum Gasteiger partial charge on any atom is 0.386 e. The number of thiol groups is 1. The maximum absolute atomic E-state index is 16.0. The number of hydrogen-bond acceptors (Lipinski definition) is 13. The first-order valence-corrected chi connectivity index (χ1v) is 15.5. The fourth-order valence-electron chi connectivity index (χ4n) is 5.43. The molecular weight excluding hydrogens is 582 g/mol. The quantitative estimate of drug-likeness (QED) is 0.164. The summed E-state index contributed by atoms with van der Waals surface area (Å²) in [5, 5.41) is 15.4. The van der Waals surface area contributed by atoms with Crippen molar-refractivity contribution in [3.63, 3.8) is 0 Å². The van der Waals surface area contributed by atoms with E-state index in [1.807, 2.05) is 0 Å². The molecule has 16 nitrogen and oxygen atoms in total. The maximum atomic E-state index is 16.0. The number of nitrogens with one attached hydrogen (secondary N) is 1. The van der Waals surface area contributed by atoms with Gasteiger partial charge >= 0.3 is 6.80 Å². The van der Waals surface area contributed by atoms with Crippen molar-refractivity contribution in [1.82, 2.24) is 39.1 Å². The lowest BCUT2D eigenvalue weighted by atomic mass is 9.87. The Morgan fingerprint density at radius 3 is 2.88 bits per heavy atom. The number of halogens is 1. The van der Waals surface area contributed by atoms with Crippen LogP contribution in [-0.4, -0.2) is 69.2 Å². The summed E-state index contributed by atoms with van der Waals surface area (Å²) in [5.41, 5.74) is 11.8. The van der Waals surface area contributed by atoms with Gasteiger partial charge in [-0.25, -0.2) is 28.4 Å². The number of imidazole rings is 2. The van der Waals surface area contributed by atoms with Gasteiger partial charge in [0.05, 0.1) is 30.9 Å². The second kappa shape index (κ2) is 10.6. The first-order chi connectivity index (χ1) is 19.5. The highest BCUT2D eigenvalue weighted by molar-refractivity contribution is 8.44. The third-order valence-electron chi connectivity index (χ3n) is 7.61. The molecule has 4 aromatic heterocycles. The average Bonchev–Trinajstić information content (AvgIpc) is 3.65. The fraction of sp³-hybridized carbons (Fsp3) is 0.545. The third-order valence-corrected chi connectivity index (χ3v) is 9.22. The van der Waals surface area contributed by atoms with Crippen LogP contribution in [-0.2, 0) is 18.3 Å². The van der Waals surface area contributed by atoms with Crippen molar-refractivity contribution in [3.8, 4) is 0 Å². The smallest absolute Gasteiger partial charge is 0.381 e. The Labute approximate surface area is 236 Å². The van der Waals surface area contributed by atoms with E-state index >= 15 is 4.39 Å². The molecule has 0 aliphatic carbocycles. The molecule has 220 valence electrons. The molecule has 2 aliphatic rings. The zero-order valence-corrected chi connectivity index (χ0v) is 23.4. The number of aromatic amines is 1. The monoisotopic (exact) mass is 610 g/mol. The Balaban J connectivity index is 1.25. The molecule has 4 aromatic rings. The van der Waals surface area contributed by atoms with Gasteiger partial charge in [-0.3, -0.25) is 23.4 Å². The van der Waals surface area contributed by atoms with E-state index in [2.05, 4.69) is 42.3 Å². The number of nitrogen functional groups attached to an aromatic ring is 2. The molecule has 0 bridgehead atoms. The summed E-state index contributed by atoms with van der Waals surface area (Å²) in [5.74, 6) is -0.742. The van der Waals surface area contributed by atoms with Crippen LogP contribution in [0.2, 0.25) is 0 Å². The van der Waals surface area contributed by atoms with Gasteiger partial charge in [0.15, 0.2) is 28.9 Å². The number of alkyl halides is 1. The molecule has 0 saturated carbocycles. The van der Waals surface area contributed by atoms with Crippen molar-refractivity contribution in [2.45, 2.75) is 56.9 Å². The van der Waals surface area contributed by atoms with Gasteiger partial charge in [0, 0.05) is 0 Å². The van der Waals surface area contributed by atoms with Gasteiger partial charge in [-0.2, -0.15) is 10.1 Å². The van der Waals surface area contributed by atoms with Gasteiger partial charge in [-0.1, -0.05) is 19.2 Å². The van der Waals surface area contributed by atoms with Gasteiger partial charge in [0.25, 0.3) is 5.56 Å². The number of aliphatic hydroxyl groups is 1. The number of H-pyrrole nitrogens is 1. The van der Waals surface area contributed by atoms with Gasteiger partial charge in [-0.15, -0.1) is 0 Å². The molecule has 2 saturated heterocycles. The van der Waals surface area contributed by atoms with Crippen LogP contribution in [0.1, 0.15) is 44.2 Å². The van der Waals surface area contributed by atoms with Crippen LogP contribution in [0.4, 0.5) is 16.2 Å². The summed E-state index contributed by atoms with van der Waals surface area (Å²) >= 11 is 4.07. The number of ether oxygens (including phenoxy) is 1. The molecule has 2 fully saturated rings. The van der Waals surface area contributed by atoms with Crippen LogP contribution in [0.3, 0.4) is 0 Å². The fourth-order valence-corrected chi connectivity index (χ4v) is 6.89. The van der Waals surface area contributed by atoms with E-state index in [-0.39, 0.29) is 35.5 Å². The second-order valence-electron chi connectivity index (χ2n) is 10.2. The van der Waals surface area contributed by atoms with E-state index in [0.29, 0.717) is 30.6 Å². The van der Waals surface area contributed by atoms with Crippen molar-refractivity contribution >= 4 is 47.6 Å². The van der Waals surface area contributed by atoms with Crippen LogP contribution >= 0.6 is 19.0 Å². The highest BCUT2D eigenvalue weighted by Crippen LogP contribution is 2.57. The van der Waals surface area contributed by atoms with Crippen molar-refractivity contribution in [1.29, 1.82) is 0 Å². The van der Waals surface area contributed by atoms with E-state index < -0.39 is 49.0 Å². The number of nitrogens with two attached hydrogens (primary N) is 2. The van der Waals surface area contributed by atoms with E-state index in [9.17, 15) is 14.5 Å². The van der Waals surface area contributed by atoms with Gasteiger partial charge in [-0.05, 0) is 31.1 Å². The molecule has 0 aromatic carbocycles. The minimum Gasteiger partial charge on any atom is -0.381 e. The lowest BCUT2D eigenvalue weighted by Gasteiger charge is -2.31. The highest BCUT2D eigenvalue weighted by atomic mass is 32.7. The highest BCUT2D eigenvalue weighted by Gasteiger charge is 2.44. The van der Waals surface area contributed by atoms with Crippen LogP contribution in [0, 0.1) is 11.8 Å². The van der Waals surface area contributed by atoms with Crippen molar-refractivity contribution in [2.24, 2.45) is 11.8 Å². The molecule has 6 rings (SSSR count). The van der Waals surface area contributed by atoms with Crippen LogP contribution in [0.15, 0.2) is 23.6 Å². The van der Waals surface area contributed by atoms with E-state index in [1.54, 1.807) is 17.6 Å². The average molecular weight is 611 g/mol. The largest absolute Gasteiger partial charge is 0.386 e. The Morgan fingerprint density at radius 2 is 2.07 bits per heavy atom. The molecule has 8 atom stereocenters. The summed E-state index contributed by atoms with van der Waals surface area (Å²) < 4.78 is 49.3. The Hall–Kier alpha value is -3.15. The first kappa shape index (κ1) is 28.0. The molecule has 6 N–H and O–H groups in total. The third kappa shape index (κ3) is 5.19. The molecule has 2 unspecified atom stereocenters. The predicted molar refractivity (Wildman–Crippen MR) is 145 cm³/mol. The minimum absolute atomic E-state index is 0.0920. The topological polar surface area (TPSA) is 224 Å². The summed E-state index contributed by atoms with van der Waals surface area (Å²) in [6.45, 7) is -2.74. The number of aromatic nitrogens is 8. The molecule has 0 spiro atoms. The Morgan fingerprint density at radius 1 is 1.27 bits per heavy atom. The molecule has 2 aliphatic heterocycles. The summed E-state index contributed by atoms with van der Waals surface area (Å²) in [4.78, 5) is 30.7. The molecule has 0 radical (unpaired) electrons. The number of hydrogen-bond donors (Lipinski definition) is 5. The van der Waals surface area contributed by atoms with Crippen molar-refractivity contribution in [3.05, 3.63) is 34.9 Å². The van der Waals surface area contributed by atoms with Crippen molar-refractivity contribution in [2.75, 3.05) is 18.1 Å². The number of anilines is 2. The second-order valence-corrected chi connectivity index (χ2v) is 13.1. The Bertz CT molecular complexity index is 1700. The zero-order chi connectivity index (χ0) is 29.1. The normalized spacial score (nSPS) is 32.1. The molecule has 19 heteroatoms. The van der Waals surface area contributed by atoms with E-state index in [1.165, 1.54) is 6.33 Å². The standard InChI is InChI=1S/C22H28FN10O6PS/c1-9-2-3-10-4-12(11-5-26-19-17(24)27-7-29-33(11)19)38-13(10)6-37-40(36,41)39-16(14(9)23)21(35)32-8-28-15-18(32)30-22(25)31-20(15)34/h5,7-10,12-14,16,21,35H,2-4,6H2,1H3,(H,36,41)(H2,24,27,29)(H3,25,30,31,34)/t9?,10-,12+,13+,14+,16+,21+,40?/m0/s1. The lowest BCUT2D eigenvalue weighted by Crippen LogP contribution is -2.38. The molecule has 41 heavy (non-hydrogen) atoms. The number of rotatable bonds is 3. The van der Waals surface area contributed by atoms with Gasteiger partial charge in [0.2, 0.25) is 5.95 Å². The van der Waals surface area contributed by atoms with Crippen LogP contribution < -0.4 is 17.0 Å². The number of fused-ring (bicyclic) bond motifs is 3.